The van der Waals surface area contributed by atoms with Gasteiger partial charge in [0.05, 0.1) is 12.4 Å². The van der Waals surface area contributed by atoms with E-state index in [1.54, 1.807) is 7.11 Å². The fraction of sp³-hybridized carbons (Fsp3) is 1.00. The molecule has 0 saturated heterocycles. The van der Waals surface area contributed by atoms with Gasteiger partial charge in [-0.25, -0.2) is 13.1 Å². The summed E-state index contributed by atoms with van der Waals surface area (Å²) in [5.41, 5.74) is 0. The van der Waals surface area contributed by atoms with Gasteiger partial charge in [0.1, 0.15) is 0 Å². The van der Waals surface area contributed by atoms with Crippen LogP contribution in [-0.4, -0.2) is 46.1 Å². The number of ether oxygens (including phenoxy) is 1. The van der Waals surface area contributed by atoms with E-state index in [1.165, 1.54) is 0 Å². The van der Waals surface area contributed by atoms with E-state index in [-0.39, 0.29) is 12.4 Å². The number of sulfonamides is 1. The molecule has 0 fully saturated rings. The maximum absolute atomic E-state index is 10.9. The van der Waals surface area contributed by atoms with Gasteiger partial charge in [-0.1, -0.05) is 0 Å². The van der Waals surface area contributed by atoms with E-state index in [9.17, 15) is 8.42 Å². The quantitative estimate of drug-likeness (QED) is 0.510. The van der Waals surface area contributed by atoms with Crippen LogP contribution in [0, 0.1) is 0 Å². The van der Waals surface area contributed by atoms with Gasteiger partial charge in [0.15, 0.2) is 0 Å². The highest BCUT2D eigenvalue weighted by molar-refractivity contribution is 7.89. The van der Waals surface area contributed by atoms with Gasteiger partial charge in [-0.3, -0.25) is 0 Å². The Hall–Kier alpha value is -0.170. The molecule has 5 nitrogen and oxygen atoms in total. The number of hydrogen-bond donors (Lipinski definition) is 2. The monoisotopic (exact) mass is 197 g/mol. The van der Waals surface area contributed by atoms with Crippen molar-refractivity contribution in [3.63, 3.8) is 0 Å². The molecule has 0 saturated carbocycles. The van der Waals surface area contributed by atoms with Gasteiger partial charge < -0.3 is 9.84 Å². The van der Waals surface area contributed by atoms with E-state index >= 15 is 0 Å². The van der Waals surface area contributed by atoms with Crippen LogP contribution in [0.4, 0.5) is 0 Å². The minimum absolute atomic E-state index is 0.236. The lowest BCUT2D eigenvalue weighted by Crippen LogP contribution is -2.29. The second-order valence-electron chi connectivity index (χ2n) is 2.28. The fourth-order valence-electron chi connectivity index (χ4n) is 0.637. The molecule has 0 aromatic heterocycles. The van der Waals surface area contributed by atoms with E-state index in [2.05, 4.69) is 4.72 Å². The maximum atomic E-state index is 10.9. The lowest BCUT2D eigenvalue weighted by Gasteiger charge is -2.03. The molecule has 0 aromatic carbocycles. The first-order valence-corrected chi connectivity index (χ1v) is 5.35. The van der Waals surface area contributed by atoms with E-state index < -0.39 is 10.0 Å². The predicted octanol–water partition coefficient (Wildman–Crippen LogP) is -1.07. The third-order valence-electron chi connectivity index (χ3n) is 1.21. The molecule has 0 atom stereocenters. The van der Waals surface area contributed by atoms with Crippen LogP contribution in [0.3, 0.4) is 0 Å². The van der Waals surface area contributed by atoms with Crippen LogP contribution in [0.25, 0.3) is 0 Å². The van der Waals surface area contributed by atoms with Gasteiger partial charge in [-0.15, -0.1) is 0 Å². The van der Waals surface area contributed by atoms with Crippen molar-refractivity contribution in [2.75, 3.05) is 32.6 Å². The molecule has 0 aliphatic heterocycles. The summed E-state index contributed by atoms with van der Waals surface area (Å²) < 4.78 is 28.8. The zero-order valence-electron chi connectivity index (χ0n) is 7.12. The van der Waals surface area contributed by atoms with Gasteiger partial charge in [0, 0.05) is 20.3 Å². The first-order chi connectivity index (χ1) is 5.62. The smallest absolute Gasteiger partial charge is 0.213 e. The molecule has 12 heavy (non-hydrogen) atoms. The highest BCUT2D eigenvalue weighted by Gasteiger charge is 2.06. The number of methoxy groups -OCH3 is 1. The second kappa shape index (κ2) is 6.36. The number of aliphatic hydroxyl groups is 1. The van der Waals surface area contributed by atoms with Crippen LogP contribution in [0.5, 0.6) is 0 Å². The van der Waals surface area contributed by atoms with Crippen molar-refractivity contribution < 1.29 is 18.3 Å². The third kappa shape index (κ3) is 6.53. The van der Waals surface area contributed by atoms with E-state index in [0.29, 0.717) is 19.6 Å². The Labute approximate surface area is 72.8 Å². The topological polar surface area (TPSA) is 75.6 Å². The van der Waals surface area contributed by atoms with Gasteiger partial charge >= 0.3 is 0 Å². The van der Waals surface area contributed by atoms with Gasteiger partial charge in [0.2, 0.25) is 10.0 Å². The minimum Gasteiger partial charge on any atom is -0.395 e. The van der Waals surface area contributed by atoms with Crippen molar-refractivity contribution in [3.8, 4) is 0 Å². The van der Waals surface area contributed by atoms with Crippen LogP contribution in [0.15, 0.2) is 0 Å². The van der Waals surface area contributed by atoms with Crippen LogP contribution in [-0.2, 0) is 14.8 Å². The molecule has 0 aliphatic rings. The minimum atomic E-state index is -3.27. The van der Waals surface area contributed by atoms with Crippen molar-refractivity contribution in [1.29, 1.82) is 0 Å². The summed E-state index contributed by atoms with van der Waals surface area (Å²) in [4.78, 5) is 0. The van der Waals surface area contributed by atoms with Crippen molar-refractivity contribution in [1.82, 2.24) is 4.72 Å². The largest absolute Gasteiger partial charge is 0.395 e. The van der Waals surface area contributed by atoms with E-state index in [0.717, 1.165) is 0 Å². The van der Waals surface area contributed by atoms with Crippen molar-refractivity contribution in [2.24, 2.45) is 0 Å². The normalized spacial score (nSPS) is 11.8. The van der Waals surface area contributed by atoms with Crippen molar-refractivity contribution in [2.45, 2.75) is 6.42 Å². The molecule has 0 bridgehead atoms. The summed E-state index contributed by atoms with van der Waals surface area (Å²) in [5, 5.41) is 8.36. The van der Waals surface area contributed by atoms with Gasteiger partial charge in [0.25, 0.3) is 0 Å². The Kier molecular flexibility index (Phi) is 6.27. The molecule has 0 radical (unpaired) electrons. The second-order valence-corrected chi connectivity index (χ2v) is 4.21. The molecule has 0 amide bonds. The molecule has 74 valence electrons. The Morgan fingerprint density at radius 1 is 1.50 bits per heavy atom. The standard InChI is InChI=1S/C6H15NO4S/c1-11-5-2-3-7-12(9,10)6-4-8/h7-8H,2-6H2,1H3. The lowest BCUT2D eigenvalue weighted by molar-refractivity contribution is 0.196. The zero-order chi connectivity index (χ0) is 9.45. The average Bonchev–Trinajstić information content (AvgIpc) is 1.98. The predicted molar refractivity (Wildman–Crippen MR) is 45.4 cm³/mol. The molecule has 2 N–H and O–H groups in total. The van der Waals surface area contributed by atoms with Gasteiger partial charge in [-0.2, -0.15) is 0 Å². The Morgan fingerprint density at radius 3 is 2.67 bits per heavy atom. The molecule has 0 unspecified atom stereocenters. The van der Waals surface area contributed by atoms with Gasteiger partial charge in [-0.05, 0) is 6.42 Å². The van der Waals surface area contributed by atoms with Crippen molar-refractivity contribution in [3.05, 3.63) is 0 Å². The summed E-state index contributed by atoms with van der Waals surface area (Å²) in [7, 11) is -1.71. The Morgan fingerprint density at radius 2 is 2.17 bits per heavy atom. The van der Waals surface area contributed by atoms with Crippen LogP contribution in [0.2, 0.25) is 0 Å². The average molecular weight is 197 g/mol. The number of rotatable bonds is 7. The first-order valence-electron chi connectivity index (χ1n) is 3.69. The summed E-state index contributed by atoms with van der Waals surface area (Å²) >= 11 is 0. The van der Waals surface area contributed by atoms with E-state index in [4.69, 9.17) is 9.84 Å². The molecule has 0 aliphatic carbocycles. The summed E-state index contributed by atoms with van der Waals surface area (Å²) in [5.74, 6) is -0.236. The zero-order valence-corrected chi connectivity index (χ0v) is 7.93. The van der Waals surface area contributed by atoms with Crippen LogP contribution in [0.1, 0.15) is 6.42 Å². The summed E-state index contributed by atoms with van der Waals surface area (Å²) in [6.45, 7) is 0.539. The third-order valence-corrected chi connectivity index (χ3v) is 2.57. The lowest BCUT2D eigenvalue weighted by atomic mass is 10.5. The van der Waals surface area contributed by atoms with E-state index in [1.807, 2.05) is 0 Å². The Balaban J connectivity index is 3.48. The molecule has 6 heteroatoms. The number of aliphatic hydroxyl groups excluding tert-OH is 1. The Bertz CT molecular complexity index is 190. The molecule has 0 aromatic rings. The molecule has 0 heterocycles. The fourth-order valence-corrected chi connectivity index (χ4v) is 1.48. The molecule has 0 spiro atoms. The van der Waals surface area contributed by atoms with Crippen LogP contribution < -0.4 is 4.72 Å². The number of nitrogens with one attached hydrogen (secondary N) is 1. The van der Waals surface area contributed by atoms with Crippen LogP contribution >= 0.6 is 0 Å². The summed E-state index contributed by atoms with van der Waals surface area (Å²) in [6.07, 6.45) is 0.640. The molecular formula is C6H15NO4S. The summed E-state index contributed by atoms with van der Waals surface area (Å²) in [6, 6.07) is 0. The van der Waals surface area contributed by atoms with Crippen molar-refractivity contribution >= 4 is 10.0 Å². The number of hydrogen-bond acceptors (Lipinski definition) is 4. The molecular weight excluding hydrogens is 182 g/mol. The first kappa shape index (κ1) is 11.8. The maximum Gasteiger partial charge on any atom is 0.213 e. The SMILES string of the molecule is COCCCNS(=O)(=O)CCO. The highest BCUT2D eigenvalue weighted by atomic mass is 32.2. The highest BCUT2D eigenvalue weighted by Crippen LogP contribution is 1.84. The molecule has 0 rings (SSSR count).